The molecule has 0 aliphatic heterocycles. The highest BCUT2D eigenvalue weighted by Gasteiger charge is 2.32. The number of anilines is 1. The minimum Gasteiger partial charge on any atom is -0.323 e. The van der Waals surface area contributed by atoms with E-state index in [1.54, 1.807) is 23.5 Å². The summed E-state index contributed by atoms with van der Waals surface area (Å²) >= 11 is 4.86. The molecule has 3 aromatic rings. The number of benzene rings is 2. The van der Waals surface area contributed by atoms with Gasteiger partial charge in [0.25, 0.3) is 0 Å². The van der Waals surface area contributed by atoms with Gasteiger partial charge in [-0.25, -0.2) is 9.37 Å². The minimum atomic E-state index is -0.449. The maximum atomic E-state index is 14.1. The summed E-state index contributed by atoms with van der Waals surface area (Å²) in [6, 6.07) is 12.6. The third-order valence-corrected chi connectivity index (χ3v) is 6.25. The molecule has 2 unspecified atom stereocenters. The molecule has 0 bridgehead atoms. The Balaban J connectivity index is 1.60. The summed E-state index contributed by atoms with van der Waals surface area (Å²) in [7, 11) is 0. The van der Waals surface area contributed by atoms with Gasteiger partial charge >= 0.3 is 0 Å². The molecule has 2 atom stereocenters. The zero-order valence-corrected chi connectivity index (χ0v) is 16.2. The Kier molecular flexibility index (Phi) is 4.87. The molecular formula is C20H16BrFN2OS. The van der Waals surface area contributed by atoms with Gasteiger partial charge in [0, 0.05) is 10.4 Å². The van der Waals surface area contributed by atoms with Gasteiger partial charge in [0.1, 0.15) is 5.82 Å². The summed E-state index contributed by atoms with van der Waals surface area (Å²) in [5, 5.41) is 3.71. The summed E-state index contributed by atoms with van der Waals surface area (Å²) < 4.78 is 15.8. The molecule has 0 saturated heterocycles. The molecule has 1 aliphatic rings. The first kappa shape index (κ1) is 17.4. The highest BCUT2D eigenvalue weighted by molar-refractivity contribution is 9.10. The van der Waals surface area contributed by atoms with Crippen molar-refractivity contribution in [2.45, 2.75) is 18.8 Å². The van der Waals surface area contributed by atoms with Gasteiger partial charge in [-0.2, -0.15) is 0 Å². The van der Waals surface area contributed by atoms with Crippen LogP contribution in [0.5, 0.6) is 0 Å². The number of hydrogen-bond acceptors (Lipinski definition) is 3. The average Bonchev–Trinajstić information content (AvgIpc) is 3.08. The van der Waals surface area contributed by atoms with Crippen LogP contribution in [0.3, 0.4) is 0 Å². The number of aromatic nitrogens is 1. The SMILES string of the molecule is O=C(Nc1ccc(Br)cc1F)C1CC=CCC1c1nc2ccccc2s1. The number of fused-ring (bicyclic) bond motifs is 1. The number of hydrogen-bond donors (Lipinski definition) is 1. The number of amides is 1. The molecule has 1 aliphatic carbocycles. The van der Waals surface area contributed by atoms with Crippen LogP contribution in [0.15, 0.2) is 59.1 Å². The fraction of sp³-hybridized carbons (Fsp3) is 0.200. The summed E-state index contributed by atoms with van der Waals surface area (Å²) in [5.41, 5.74) is 1.16. The van der Waals surface area contributed by atoms with E-state index in [9.17, 15) is 9.18 Å². The number of thiazole rings is 1. The Labute approximate surface area is 163 Å². The topological polar surface area (TPSA) is 42.0 Å². The number of allylic oxidation sites excluding steroid dienone is 2. The first-order chi connectivity index (χ1) is 12.6. The molecule has 0 saturated carbocycles. The van der Waals surface area contributed by atoms with Gasteiger partial charge in [-0.15, -0.1) is 11.3 Å². The fourth-order valence-corrected chi connectivity index (χ4v) is 4.72. The summed E-state index contributed by atoms with van der Waals surface area (Å²) in [5.74, 6) is -0.866. The zero-order chi connectivity index (χ0) is 18.1. The maximum Gasteiger partial charge on any atom is 0.228 e. The molecule has 0 fully saturated rings. The second kappa shape index (κ2) is 7.29. The normalized spacial score (nSPS) is 19.6. The van der Waals surface area contributed by atoms with Crippen LogP contribution in [-0.4, -0.2) is 10.9 Å². The number of carbonyl (C=O) groups is 1. The monoisotopic (exact) mass is 430 g/mol. The van der Waals surface area contributed by atoms with Gasteiger partial charge in [-0.05, 0) is 43.2 Å². The van der Waals surface area contributed by atoms with E-state index in [0.717, 1.165) is 21.6 Å². The first-order valence-electron chi connectivity index (χ1n) is 8.38. The van der Waals surface area contributed by atoms with Gasteiger partial charge < -0.3 is 5.32 Å². The third-order valence-electron chi connectivity index (χ3n) is 4.59. The van der Waals surface area contributed by atoms with Crippen LogP contribution in [0.25, 0.3) is 10.2 Å². The average molecular weight is 431 g/mol. The Bertz CT molecular complexity index is 967. The zero-order valence-electron chi connectivity index (χ0n) is 13.8. The lowest BCUT2D eigenvalue weighted by molar-refractivity contribution is -0.120. The minimum absolute atomic E-state index is 0.0101. The molecule has 1 aromatic heterocycles. The van der Waals surface area contributed by atoms with Crippen LogP contribution in [0, 0.1) is 11.7 Å². The van der Waals surface area contributed by atoms with Crippen LogP contribution in [0.1, 0.15) is 23.8 Å². The number of para-hydroxylation sites is 1. The Morgan fingerprint density at radius 1 is 1.19 bits per heavy atom. The first-order valence-corrected chi connectivity index (χ1v) is 9.99. The number of halogens is 2. The van der Waals surface area contributed by atoms with E-state index in [1.165, 1.54) is 6.07 Å². The van der Waals surface area contributed by atoms with Crippen LogP contribution < -0.4 is 5.32 Å². The maximum absolute atomic E-state index is 14.1. The standard InChI is InChI=1S/C20H16BrFN2OS/c21-12-9-10-16(15(22)11-12)23-19(25)13-5-1-2-6-14(13)20-24-17-7-3-4-8-18(17)26-20/h1-4,7-11,13-14H,5-6H2,(H,23,25). The molecular weight excluding hydrogens is 415 g/mol. The van der Waals surface area contributed by atoms with Crippen LogP contribution in [0.4, 0.5) is 10.1 Å². The van der Waals surface area contributed by atoms with Crippen molar-refractivity contribution in [3.05, 3.63) is 69.9 Å². The molecule has 6 heteroatoms. The van der Waals surface area contributed by atoms with Crippen molar-refractivity contribution in [3.63, 3.8) is 0 Å². The van der Waals surface area contributed by atoms with Crippen molar-refractivity contribution < 1.29 is 9.18 Å². The second-order valence-corrected chi connectivity index (χ2v) is 8.27. The van der Waals surface area contributed by atoms with E-state index in [0.29, 0.717) is 10.9 Å². The van der Waals surface area contributed by atoms with Crippen molar-refractivity contribution in [1.29, 1.82) is 0 Å². The Morgan fingerprint density at radius 3 is 2.81 bits per heavy atom. The lowest BCUT2D eigenvalue weighted by Crippen LogP contribution is -2.29. The quantitative estimate of drug-likeness (QED) is 0.526. The van der Waals surface area contributed by atoms with E-state index in [-0.39, 0.29) is 23.4 Å². The fourth-order valence-electron chi connectivity index (χ4n) is 3.24. The van der Waals surface area contributed by atoms with Crippen molar-refractivity contribution >= 4 is 49.1 Å². The van der Waals surface area contributed by atoms with Crippen molar-refractivity contribution in [3.8, 4) is 0 Å². The van der Waals surface area contributed by atoms with Gasteiger partial charge in [-0.3, -0.25) is 4.79 Å². The number of nitrogens with one attached hydrogen (secondary N) is 1. The molecule has 1 heterocycles. The largest absolute Gasteiger partial charge is 0.323 e. The van der Waals surface area contributed by atoms with E-state index in [2.05, 4.69) is 27.3 Å². The molecule has 4 rings (SSSR count). The summed E-state index contributed by atoms with van der Waals surface area (Å²) in [6.07, 6.45) is 5.51. The van der Waals surface area contributed by atoms with E-state index >= 15 is 0 Å². The smallest absolute Gasteiger partial charge is 0.228 e. The molecule has 0 spiro atoms. The Morgan fingerprint density at radius 2 is 2.00 bits per heavy atom. The van der Waals surface area contributed by atoms with Crippen molar-refractivity contribution in [2.75, 3.05) is 5.32 Å². The molecule has 0 radical (unpaired) electrons. The molecule has 26 heavy (non-hydrogen) atoms. The van der Waals surface area contributed by atoms with Crippen molar-refractivity contribution in [1.82, 2.24) is 4.98 Å². The lowest BCUT2D eigenvalue weighted by atomic mass is 9.82. The second-order valence-electron chi connectivity index (χ2n) is 6.29. The molecule has 3 nitrogen and oxygen atoms in total. The van der Waals surface area contributed by atoms with E-state index in [1.807, 2.05) is 30.3 Å². The van der Waals surface area contributed by atoms with Crippen molar-refractivity contribution in [2.24, 2.45) is 5.92 Å². The Hall–Kier alpha value is -2.05. The molecule has 2 aromatic carbocycles. The highest BCUT2D eigenvalue weighted by Crippen LogP contribution is 2.39. The molecule has 1 amide bonds. The molecule has 1 N–H and O–H groups in total. The van der Waals surface area contributed by atoms with Gasteiger partial charge in [-0.1, -0.05) is 40.2 Å². The number of carbonyl (C=O) groups excluding carboxylic acids is 1. The van der Waals surface area contributed by atoms with Gasteiger partial charge in [0.05, 0.1) is 26.8 Å². The van der Waals surface area contributed by atoms with E-state index < -0.39 is 5.82 Å². The predicted octanol–water partition coefficient (Wildman–Crippen LogP) is 5.89. The number of nitrogens with zero attached hydrogens (tertiary/aromatic N) is 1. The predicted molar refractivity (Wildman–Crippen MR) is 107 cm³/mol. The van der Waals surface area contributed by atoms with E-state index in [4.69, 9.17) is 4.98 Å². The van der Waals surface area contributed by atoms with Gasteiger partial charge in [0.2, 0.25) is 5.91 Å². The van der Waals surface area contributed by atoms with Gasteiger partial charge in [0.15, 0.2) is 0 Å². The van der Waals surface area contributed by atoms with Crippen LogP contribution in [0.2, 0.25) is 0 Å². The lowest BCUT2D eigenvalue weighted by Gasteiger charge is -2.26. The number of rotatable bonds is 3. The van der Waals surface area contributed by atoms with Crippen LogP contribution >= 0.6 is 27.3 Å². The van der Waals surface area contributed by atoms with Crippen LogP contribution in [-0.2, 0) is 4.79 Å². The molecule has 132 valence electrons. The third kappa shape index (κ3) is 3.44. The summed E-state index contributed by atoms with van der Waals surface area (Å²) in [4.78, 5) is 17.6. The highest BCUT2D eigenvalue weighted by atomic mass is 79.9. The summed E-state index contributed by atoms with van der Waals surface area (Å²) in [6.45, 7) is 0.